The number of nitrogens with two attached hydrogens (primary N) is 2. The van der Waals surface area contributed by atoms with Gasteiger partial charge in [-0.1, -0.05) is 0 Å². The molecule has 0 atom stereocenters. The zero-order chi connectivity index (χ0) is 13.3. The van der Waals surface area contributed by atoms with Crippen molar-refractivity contribution < 1.29 is 13.2 Å². The van der Waals surface area contributed by atoms with Gasteiger partial charge in [-0.25, -0.2) is 13.6 Å². The van der Waals surface area contributed by atoms with Gasteiger partial charge in [0.1, 0.15) is 5.54 Å². The van der Waals surface area contributed by atoms with Crippen molar-refractivity contribution in [1.29, 1.82) is 0 Å². The Morgan fingerprint density at radius 1 is 1.24 bits per heavy atom. The first kappa shape index (κ1) is 13.5. The van der Waals surface area contributed by atoms with Crippen LogP contribution in [0.25, 0.3) is 0 Å². The standard InChI is InChI=1S/C10H15N3O3S/c1-10(2,9(11)14)13-7-3-5-8(6-4-7)17(12,15)16/h3-6,13H,1-2H3,(H2,11,14)(H2,12,15,16). The summed E-state index contributed by atoms with van der Waals surface area (Å²) in [4.78, 5) is 11.1. The summed E-state index contributed by atoms with van der Waals surface area (Å²) in [7, 11) is -3.70. The van der Waals surface area contributed by atoms with E-state index in [-0.39, 0.29) is 4.90 Å². The van der Waals surface area contributed by atoms with E-state index >= 15 is 0 Å². The minimum absolute atomic E-state index is 0.0138. The smallest absolute Gasteiger partial charge is 0.242 e. The Kier molecular flexibility index (Phi) is 3.44. The van der Waals surface area contributed by atoms with Gasteiger partial charge < -0.3 is 11.1 Å². The lowest BCUT2D eigenvalue weighted by molar-refractivity contribution is -0.121. The average molecular weight is 257 g/mol. The molecule has 0 aliphatic heterocycles. The van der Waals surface area contributed by atoms with Gasteiger partial charge in [-0.05, 0) is 38.1 Å². The van der Waals surface area contributed by atoms with Gasteiger partial charge in [0.05, 0.1) is 4.90 Å². The number of nitrogens with one attached hydrogen (secondary N) is 1. The largest absolute Gasteiger partial charge is 0.372 e. The van der Waals surface area contributed by atoms with E-state index in [1.807, 2.05) is 0 Å². The molecule has 0 aliphatic rings. The van der Waals surface area contributed by atoms with Gasteiger partial charge >= 0.3 is 0 Å². The molecule has 1 aromatic rings. The number of benzene rings is 1. The lowest BCUT2D eigenvalue weighted by Crippen LogP contribution is -2.45. The Morgan fingerprint density at radius 3 is 2.06 bits per heavy atom. The van der Waals surface area contributed by atoms with Crippen molar-refractivity contribution in [3.05, 3.63) is 24.3 Å². The van der Waals surface area contributed by atoms with Gasteiger partial charge in [0.15, 0.2) is 0 Å². The third-order valence-corrected chi connectivity index (χ3v) is 3.18. The molecule has 6 nitrogen and oxygen atoms in total. The van der Waals surface area contributed by atoms with Gasteiger partial charge in [0, 0.05) is 5.69 Å². The van der Waals surface area contributed by atoms with Crippen LogP contribution in [-0.2, 0) is 14.8 Å². The first-order valence-corrected chi connectivity index (χ1v) is 6.38. The lowest BCUT2D eigenvalue weighted by atomic mass is 10.0. The topological polar surface area (TPSA) is 115 Å². The Hall–Kier alpha value is -1.60. The van der Waals surface area contributed by atoms with Crippen molar-refractivity contribution in [3.63, 3.8) is 0 Å². The number of rotatable bonds is 4. The summed E-state index contributed by atoms with van der Waals surface area (Å²) in [6.07, 6.45) is 0. The van der Waals surface area contributed by atoms with E-state index in [0.717, 1.165) is 0 Å². The van der Waals surface area contributed by atoms with E-state index in [1.54, 1.807) is 13.8 Å². The van der Waals surface area contributed by atoms with Crippen molar-refractivity contribution in [3.8, 4) is 0 Å². The predicted molar refractivity (Wildman–Crippen MR) is 64.7 cm³/mol. The molecule has 0 saturated heterocycles. The summed E-state index contributed by atoms with van der Waals surface area (Å²) in [5.74, 6) is -0.506. The summed E-state index contributed by atoms with van der Waals surface area (Å²) in [5.41, 5.74) is 4.87. The SMILES string of the molecule is CC(C)(Nc1ccc(S(N)(=O)=O)cc1)C(N)=O. The molecule has 0 radical (unpaired) electrons. The van der Waals surface area contributed by atoms with E-state index < -0.39 is 21.5 Å². The maximum absolute atomic E-state index is 11.1. The number of primary amides is 1. The highest BCUT2D eigenvalue weighted by Gasteiger charge is 2.24. The number of anilines is 1. The van der Waals surface area contributed by atoms with E-state index in [1.165, 1.54) is 24.3 Å². The van der Waals surface area contributed by atoms with Crippen molar-refractivity contribution in [1.82, 2.24) is 0 Å². The normalized spacial score (nSPS) is 12.2. The molecule has 1 aromatic carbocycles. The molecular weight excluding hydrogens is 242 g/mol. The van der Waals surface area contributed by atoms with E-state index in [0.29, 0.717) is 5.69 Å². The molecule has 0 bridgehead atoms. The molecule has 0 heterocycles. The highest BCUT2D eigenvalue weighted by Crippen LogP contribution is 2.17. The van der Waals surface area contributed by atoms with Crippen LogP contribution in [0.4, 0.5) is 5.69 Å². The van der Waals surface area contributed by atoms with Crippen LogP contribution >= 0.6 is 0 Å². The highest BCUT2D eigenvalue weighted by molar-refractivity contribution is 7.89. The number of carbonyl (C=O) groups excluding carboxylic acids is 1. The van der Waals surface area contributed by atoms with Gasteiger partial charge in [-0.2, -0.15) is 0 Å². The van der Waals surface area contributed by atoms with Gasteiger partial charge in [0.2, 0.25) is 15.9 Å². The van der Waals surface area contributed by atoms with Crippen LogP contribution < -0.4 is 16.2 Å². The number of primary sulfonamides is 1. The van der Waals surface area contributed by atoms with Crippen LogP contribution in [0.3, 0.4) is 0 Å². The molecule has 0 saturated carbocycles. The number of hydrogen-bond donors (Lipinski definition) is 3. The predicted octanol–water partition coefficient (Wildman–Crippen LogP) is 0.00980. The molecule has 94 valence electrons. The Morgan fingerprint density at radius 2 is 1.71 bits per heavy atom. The van der Waals surface area contributed by atoms with Crippen LogP contribution in [0.15, 0.2) is 29.2 Å². The molecule has 0 aliphatic carbocycles. The van der Waals surface area contributed by atoms with E-state index in [9.17, 15) is 13.2 Å². The Bertz CT molecular complexity index is 520. The van der Waals surface area contributed by atoms with Crippen LogP contribution in [-0.4, -0.2) is 19.9 Å². The van der Waals surface area contributed by atoms with Crippen molar-refractivity contribution in [2.75, 3.05) is 5.32 Å². The molecule has 0 unspecified atom stereocenters. The molecule has 0 spiro atoms. The minimum Gasteiger partial charge on any atom is -0.372 e. The minimum atomic E-state index is -3.70. The second-order valence-electron chi connectivity index (χ2n) is 4.18. The first-order chi connectivity index (χ1) is 7.63. The number of hydrogen-bond acceptors (Lipinski definition) is 4. The molecule has 1 rings (SSSR count). The van der Waals surface area contributed by atoms with Crippen molar-refractivity contribution >= 4 is 21.6 Å². The summed E-state index contributed by atoms with van der Waals surface area (Å²) in [6, 6.07) is 5.75. The van der Waals surface area contributed by atoms with Crippen LogP contribution in [0.5, 0.6) is 0 Å². The number of sulfonamides is 1. The zero-order valence-electron chi connectivity index (χ0n) is 9.60. The third kappa shape index (κ3) is 3.43. The monoisotopic (exact) mass is 257 g/mol. The third-order valence-electron chi connectivity index (χ3n) is 2.26. The second-order valence-corrected chi connectivity index (χ2v) is 5.75. The summed E-state index contributed by atoms with van der Waals surface area (Å²) in [6.45, 7) is 3.26. The number of amides is 1. The first-order valence-electron chi connectivity index (χ1n) is 4.84. The highest BCUT2D eigenvalue weighted by atomic mass is 32.2. The van der Waals surface area contributed by atoms with Crippen LogP contribution in [0.2, 0.25) is 0 Å². The molecule has 17 heavy (non-hydrogen) atoms. The van der Waals surface area contributed by atoms with E-state index in [4.69, 9.17) is 10.9 Å². The fraction of sp³-hybridized carbons (Fsp3) is 0.300. The Balaban J connectivity index is 2.94. The van der Waals surface area contributed by atoms with Crippen molar-refractivity contribution in [2.24, 2.45) is 10.9 Å². The van der Waals surface area contributed by atoms with E-state index in [2.05, 4.69) is 5.32 Å². The van der Waals surface area contributed by atoms with Crippen molar-refractivity contribution in [2.45, 2.75) is 24.3 Å². The molecule has 0 fully saturated rings. The molecule has 1 amide bonds. The van der Waals surface area contributed by atoms with Crippen LogP contribution in [0.1, 0.15) is 13.8 Å². The maximum atomic E-state index is 11.1. The number of carbonyl (C=O) groups is 1. The second kappa shape index (κ2) is 4.34. The molecule has 0 aromatic heterocycles. The van der Waals surface area contributed by atoms with Gasteiger partial charge in [0.25, 0.3) is 0 Å². The summed E-state index contributed by atoms with van der Waals surface area (Å²) >= 11 is 0. The molecule has 7 heteroatoms. The fourth-order valence-corrected chi connectivity index (χ4v) is 1.67. The quantitative estimate of drug-likeness (QED) is 0.704. The lowest BCUT2D eigenvalue weighted by Gasteiger charge is -2.23. The fourth-order valence-electron chi connectivity index (χ4n) is 1.15. The molecular formula is C10H15N3O3S. The zero-order valence-corrected chi connectivity index (χ0v) is 10.4. The van der Waals surface area contributed by atoms with Gasteiger partial charge in [-0.3, -0.25) is 4.79 Å². The molecule has 5 N–H and O–H groups in total. The maximum Gasteiger partial charge on any atom is 0.242 e. The Labute approximate surface area is 100 Å². The average Bonchev–Trinajstić information content (AvgIpc) is 2.16. The summed E-state index contributed by atoms with van der Waals surface area (Å²) < 4.78 is 22.0. The van der Waals surface area contributed by atoms with Gasteiger partial charge in [-0.15, -0.1) is 0 Å². The van der Waals surface area contributed by atoms with Crippen LogP contribution in [0, 0.1) is 0 Å². The summed E-state index contributed by atoms with van der Waals surface area (Å²) in [5, 5.41) is 7.85.